The highest BCUT2D eigenvalue weighted by Crippen LogP contribution is 2.14. The topological polar surface area (TPSA) is 78.9 Å². The Bertz CT molecular complexity index is 1180. The Kier molecular flexibility index (Phi) is 51.3. The Labute approximate surface area is 402 Å². The number of carbonyl (C=O) groups excluding carboxylic acids is 3. The standard InChI is InChI=1S/C59H104O6/c1-4-7-10-13-16-19-22-25-28-29-32-34-37-40-43-46-49-52-58(61)64-55-56(65-59(62)53-50-47-44-41-38-35-31-27-24-21-18-15-12-9-6-3)54-63-57(60)51-48-45-42-39-36-33-30-26-23-20-17-14-11-8-5-2/h16,19,25-28,30-32,34,56H,4-15,17-18,20-24,29,33,35-55H2,1-3H3/t56-/m1/s1. The molecular formula is C59H104O6. The lowest BCUT2D eigenvalue weighted by Gasteiger charge is -2.18. The maximum absolute atomic E-state index is 12.8. The predicted molar refractivity (Wildman–Crippen MR) is 279 cm³/mol. The van der Waals surface area contributed by atoms with E-state index in [4.69, 9.17) is 14.2 Å². The molecule has 0 saturated heterocycles. The van der Waals surface area contributed by atoms with E-state index in [2.05, 4.69) is 81.5 Å². The van der Waals surface area contributed by atoms with Gasteiger partial charge in [-0.1, -0.05) is 210 Å². The van der Waals surface area contributed by atoms with Crippen molar-refractivity contribution in [1.29, 1.82) is 0 Å². The van der Waals surface area contributed by atoms with Gasteiger partial charge < -0.3 is 14.2 Å². The second kappa shape index (κ2) is 53.7. The third kappa shape index (κ3) is 51.9. The highest BCUT2D eigenvalue weighted by atomic mass is 16.6. The minimum atomic E-state index is -0.790. The molecule has 0 saturated carbocycles. The zero-order valence-electron chi connectivity index (χ0n) is 43.0. The fourth-order valence-electron chi connectivity index (χ4n) is 7.73. The largest absolute Gasteiger partial charge is 0.462 e. The highest BCUT2D eigenvalue weighted by Gasteiger charge is 2.19. The molecule has 6 nitrogen and oxygen atoms in total. The van der Waals surface area contributed by atoms with Crippen molar-refractivity contribution in [3.05, 3.63) is 60.8 Å². The van der Waals surface area contributed by atoms with Gasteiger partial charge in [-0.3, -0.25) is 14.4 Å². The molecule has 0 radical (unpaired) electrons. The van der Waals surface area contributed by atoms with Crippen LogP contribution in [0.4, 0.5) is 0 Å². The Morgan fingerprint density at radius 1 is 0.308 bits per heavy atom. The van der Waals surface area contributed by atoms with E-state index in [1.807, 2.05) is 0 Å². The highest BCUT2D eigenvalue weighted by molar-refractivity contribution is 5.71. The number of allylic oxidation sites excluding steroid dienone is 10. The second-order valence-electron chi connectivity index (χ2n) is 18.5. The number of unbranched alkanes of at least 4 members (excludes halogenated alkanes) is 29. The zero-order valence-corrected chi connectivity index (χ0v) is 43.0. The molecule has 0 rings (SSSR count). The molecule has 376 valence electrons. The van der Waals surface area contributed by atoms with Crippen LogP contribution in [-0.4, -0.2) is 37.2 Å². The van der Waals surface area contributed by atoms with Gasteiger partial charge in [0, 0.05) is 19.3 Å². The van der Waals surface area contributed by atoms with Gasteiger partial charge in [0.05, 0.1) is 0 Å². The first-order valence-electron chi connectivity index (χ1n) is 27.8. The molecule has 0 fully saturated rings. The van der Waals surface area contributed by atoms with Crippen LogP contribution in [0.2, 0.25) is 0 Å². The minimum absolute atomic E-state index is 0.0885. The number of rotatable bonds is 50. The lowest BCUT2D eigenvalue weighted by molar-refractivity contribution is -0.167. The Balaban J connectivity index is 4.44. The van der Waals surface area contributed by atoms with Gasteiger partial charge in [0.1, 0.15) is 13.2 Å². The molecule has 0 unspecified atom stereocenters. The Morgan fingerprint density at radius 2 is 0.554 bits per heavy atom. The first-order valence-corrected chi connectivity index (χ1v) is 27.8. The zero-order chi connectivity index (χ0) is 47.2. The smallest absolute Gasteiger partial charge is 0.306 e. The summed E-state index contributed by atoms with van der Waals surface area (Å²) in [6.07, 6.45) is 66.3. The van der Waals surface area contributed by atoms with Crippen LogP contribution in [0.3, 0.4) is 0 Å². The molecule has 0 heterocycles. The third-order valence-electron chi connectivity index (χ3n) is 12.0. The van der Waals surface area contributed by atoms with Gasteiger partial charge in [-0.05, 0) is 109 Å². The predicted octanol–water partition coefficient (Wildman–Crippen LogP) is 18.4. The van der Waals surface area contributed by atoms with Gasteiger partial charge in [-0.15, -0.1) is 0 Å². The van der Waals surface area contributed by atoms with Crippen molar-refractivity contribution >= 4 is 17.9 Å². The van der Waals surface area contributed by atoms with Crippen molar-refractivity contribution in [1.82, 2.24) is 0 Å². The summed E-state index contributed by atoms with van der Waals surface area (Å²) >= 11 is 0. The molecule has 6 heteroatoms. The number of esters is 3. The maximum atomic E-state index is 12.8. The molecule has 0 aliphatic carbocycles. The fourth-order valence-corrected chi connectivity index (χ4v) is 7.73. The van der Waals surface area contributed by atoms with E-state index in [-0.39, 0.29) is 31.1 Å². The van der Waals surface area contributed by atoms with Crippen molar-refractivity contribution in [2.45, 2.75) is 284 Å². The van der Waals surface area contributed by atoms with Crippen molar-refractivity contribution in [2.75, 3.05) is 13.2 Å². The van der Waals surface area contributed by atoms with Crippen molar-refractivity contribution in [3.8, 4) is 0 Å². The van der Waals surface area contributed by atoms with E-state index in [1.54, 1.807) is 0 Å². The number of carbonyl (C=O) groups is 3. The Morgan fingerprint density at radius 3 is 0.908 bits per heavy atom. The van der Waals surface area contributed by atoms with Crippen LogP contribution < -0.4 is 0 Å². The van der Waals surface area contributed by atoms with Gasteiger partial charge >= 0.3 is 17.9 Å². The van der Waals surface area contributed by atoms with E-state index in [1.165, 1.54) is 135 Å². The van der Waals surface area contributed by atoms with Gasteiger partial charge in [-0.2, -0.15) is 0 Å². The van der Waals surface area contributed by atoms with Crippen molar-refractivity contribution < 1.29 is 28.6 Å². The number of hydrogen-bond acceptors (Lipinski definition) is 6. The second-order valence-corrected chi connectivity index (χ2v) is 18.5. The fraction of sp³-hybridized carbons (Fsp3) is 0.780. The maximum Gasteiger partial charge on any atom is 0.306 e. The van der Waals surface area contributed by atoms with Crippen LogP contribution in [0.15, 0.2) is 60.8 Å². The molecular weight excluding hydrogens is 805 g/mol. The summed E-state index contributed by atoms with van der Waals surface area (Å²) in [4.78, 5) is 38.1. The molecule has 0 aromatic rings. The van der Waals surface area contributed by atoms with Crippen LogP contribution in [0.1, 0.15) is 278 Å². The van der Waals surface area contributed by atoms with Gasteiger partial charge in [0.25, 0.3) is 0 Å². The van der Waals surface area contributed by atoms with Crippen LogP contribution in [0, 0.1) is 0 Å². The average molecular weight is 909 g/mol. The van der Waals surface area contributed by atoms with Crippen molar-refractivity contribution in [2.24, 2.45) is 0 Å². The van der Waals surface area contributed by atoms with Gasteiger partial charge in [0.15, 0.2) is 6.10 Å². The molecule has 0 aliphatic heterocycles. The molecule has 0 N–H and O–H groups in total. The van der Waals surface area contributed by atoms with Crippen LogP contribution in [-0.2, 0) is 28.6 Å². The molecule has 0 aromatic heterocycles. The van der Waals surface area contributed by atoms with Gasteiger partial charge in [0.2, 0.25) is 0 Å². The summed E-state index contributed by atoms with van der Waals surface area (Å²) in [5.74, 6) is -0.919. The third-order valence-corrected chi connectivity index (χ3v) is 12.0. The molecule has 0 bridgehead atoms. The Hall–Kier alpha value is -2.89. The summed E-state index contributed by atoms with van der Waals surface area (Å²) in [6, 6.07) is 0. The molecule has 0 aromatic carbocycles. The molecule has 1 atom stereocenters. The lowest BCUT2D eigenvalue weighted by atomic mass is 10.1. The van der Waals surface area contributed by atoms with Crippen LogP contribution in [0.25, 0.3) is 0 Å². The normalized spacial score (nSPS) is 12.5. The van der Waals surface area contributed by atoms with Crippen molar-refractivity contribution in [3.63, 3.8) is 0 Å². The first kappa shape index (κ1) is 62.1. The van der Waals surface area contributed by atoms with Crippen LogP contribution in [0.5, 0.6) is 0 Å². The summed E-state index contributed by atoms with van der Waals surface area (Å²) in [5.41, 5.74) is 0. The molecule has 0 spiro atoms. The quantitative estimate of drug-likeness (QED) is 0.0262. The average Bonchev–Trinajstić information content (AvgIpc) is 3.30. The lowest BCUT2D eigenvalue weighted by Crippen LogP contribution is -2.30. The monoisotopic (exact) mass is 909 g/mol. The van der Waals surface area contributed by atoms with E-state index in [9.17, 15) is 14.4 Å². The summed E-state index contributed by atoms with van der Waals surface area (Å²) in [6.45, 7) is 6.58. The summed E-state index contributed by atoms with van der Waals surface area (Å²) in [5, 5.41) is 0. The van der Waals surface area contributed by atoms with Crippen LogP contribution >= 0.6 is 0 Å². The summed E-state index contributed by atoms with van der Waals surface area (Å²) < 4.78 is 16.8. The summed E-state index contributed by atoms with van der Waals surface area (Å²) in [7, 11) is 0. The molecule has 0 amide bonds. The minimum Gasteiger partial charge on any atom is -0.462 e. The number of hydrogen-bond donors (Lipinski definition) is 0. The number of ether oxygens (including phenoxy) is 3. The molecule has 65 heavy (non-hydrogen) atoms. The van der Waals surface area contributed by atoms with E-state index in [0.29, 0.717) is 19.3 Å². The molecule has 0 aliphatic rings. The van der Waals surface area contributed by atoms with Gasteiger partial charge in [-0.25, -0.2) is 0 Å². The first-order chi connectivity index (χ1) is 32.0. The van der Waals surface area contributed by atoms with E-state index < -0.39 is 6.10 Å². The SMILES string of the molecule is CCCCCC=CCC=CCC=CCCCCCCC(=O)OC[C@@H](COC(=O)CCCCCCCC=CCCCCCCCC)OC(=O)CCCCCCCC=CCCCCCCCC. The van der Waals surface area contributed by atoms with E-state index in [0.717, 1.165) is 103 Å². The van der Waals surface area contributed by atoms with E-state index >= 15 is 0 Å².